The summed E-state index contributed by atoms with van der Waals surface area (Å²) in [6.07, 6.45) is 7.90. The van der Waals surface area contributed by atoms with Crippen molar-refractivity contribution >= 4 is 12.4 Å². The van der Waals surface area contributed by atoms with Gasteiger partial charge in [-0.2, -0.15) is 0 Å². The second kappa shape index (κ2) is 6.80. The van der Waals surface area contributed by atoms with Gasteiger partial charge in [-0.05, 0) is 73.7 Å². The van der Waals surface area contributed by atoms with Gasteiger partial charge in [0.05, 0.1) is 11.7 Å². The Balaban J connectivity index is 1.52. The van der Waals surface area contributed by atoms with E-state index in [4.69, 9.17) is 9.47 Å². The van der Waals surface area contributed by atoms with Gasteiger partial charge in [0, 0.05) is 23.8 Å². The minimum Gasteiger partial charge on any atom is -0.464 e. The maximum absolute atomic E-state index is 12.3. The molecule has 5 aliphatic rings. The standard InChI is InChI=1S/C24H34O6/c1-22-7-5-16(26)10-15(22)3-4-18-17(22)6-8-23(2)21(14-9-20(27)29-12-14)19(30-13-25)11-24(18,23)28/h9,13,15-19,21,26,28H,3-8,10-12H2,1-2H3/t15-,16+,17?,18?,19+,21+,22+,23-,24+/m1/s1. The van der Waals surface area contributed by atoms with Gasteiger partial charge in [-0.3, -0.25) is 4.79 Å². The molecule has 0 aromatic carbocycles. The Morgan fingerprint density at radius 1 is 1.17 bits per heavy atom. The van der Waals surface area contributed by atoms with Crippen molar-refractivity contribution in [3.8, 4) is 0 Å². The second-order valence-electron chi connectivity index (χ2n) is 11.1. The molecule has 0 radical (unpaired) electrons. The SMILES string of the molecule is C[C@]12CC[C@H](O)C[C@H]1CCC1C2CC[C@]2(C)[C@@H](C3=CC(=O)OC3)[C@@H](OC=O)C[C@]12O. The molecule has 0 aromatic heterocycles. The molecule has 1 aliphatic heterocycles. The van der Waals surface area contributed by atoms with E-state index in [9.17, 15) is 19.8 Å². The average Bonchev–Trinajstić information content (AvgIpc) is 3.20. The van der Waals surface area contributed by atoms with Crippen molar-refractivity contribution in [1.82, 2.24) is 0 Å². The third-order valence-corrected chi connectivity index (χ3v) is 10.1. The molecule has 4 saturated carbocycles. The molecule has 5 rings (SSSR count). The molecule has 9 atom stereocenters. The number of aliphatic hydroxyl groups is 2. The number of hydrogen-bond acceptors (Lipinski definition) is 6. The molecule has 2 unspecified atom stereocenters. The van der Waals surface area contributed by atoms with Crippen molar-refractivity contribution in [2.24, 2.45) is 34.5 Å². The first kappa shape index (κ1) is 20.5. The Morgan fingerprint density at radius 2 is 1.97 bits per heavy atom. The Bertz CT molecular complexity index is 778. The molecular formula is C24H34O6. The molecule has 30 heavy (non-hydrogen) atoms. The van der Waals surface area contributed by atoms with Crippen LogP contribution in [0.25, 0.3) is 0 Å². The van der Waals surface area contributed by atoms with Crippen LogP contribution in [0.15, 0.2) is 11.6 Å². The first-order valence-corrected chi connectivity index (χ1v) is 11.6. The van der Waals surface area contributed by atoms with Gasteiger partial charge in [0.25, 0.3) is 6.47 Å². The van der Waals surface area contributed by atoms with E-state index in [2.05, 4.69) is 13.8 Å². The number of aliphatic hydroxyl groups excluding tert-OH is 1. The van der Waals surface area contributed by atoms with Gasteiger partial charge in [-0.15, -0.1) is 0 Å². The van der Waals surface area contributed by atoms with Crippen LogP contribution in [-0.4, -0.2) is 47.1 Å². The van der Waals surface area contributed by atoms with E-state index in [1.165, 1.54) is 6.08 Å². The summed E-state index contributed by atoms with van der Waals surface area (Å²) in [6, 6.07) is 0. The molecule has 6 nitrogen and oxygen atoms in total. The average molecular weight is 419 g/mol. The van der Waals surface area contributed by atoms with Crippen LogP contribution in [0.1, 0.15) is 65.2 Å². The van der Waals surface area contributed by atoms with E-state index in [0.29, 0.717) is 24.7 Å². The van der Waals surface area contributed by atoms with E-state index in [1.54, 1.807) is 0 Å². The van der Waals surface area contributed by atoms with E-state index in [1.807, 2.05) is 0 Å². The van der Waals surface area contributed by atoms with E-state index in [0.717, 1.165) is 50.5 Å². The Morgan fingerprint density at radius 3 is 2.67 bits per heavy atom. The molecular weight excluding hydrogens is 384 g/mol. The van der Waals surface area contributed by atoms with Gasteiger partial charge < -0.3 is 19.7 Å². The van der Waals surface area contributed by atoms with Gasteiger partial charge in [0.1, 0.15) is 12.7 Å². The summed E-state index contributed by atoms with van der Waals surface area (Å²) < 4.78 is 10.7. The molecule has 0 bridgehead atoms. The highest BCUT2D eigenvalue weighted by atomic mass is 16.5. The number of hydrogen-bond donors (Lipinski definition) is 2. The lowest BCUT2D eigenvalue weighted by Crippen LogP contribution is -2.62. The predicted molar refractivity (Wildman–Crippen MR) is 108 cm³/mol. The Kier molecular flexibility index (Phi) is 4.64. The number of carbonyl (C=O) groups excluding carboxylic acids is 2. The van der Waals surface area contributed by atoms with Crippen molar-refractivity contribution < 1.29 is 29.3 Å². The van der Waals surface area contributed by atoms with Gasteiger partial charge in [0.2, 0.25) is 0 Å². The fraction of sp³-hybridized carbons (Fsp3) is 0.833. The first-order chi connectivity index (χ1) is 14.2. The predicted octanol–water partition coefficient (Wildman–Crippen LogP) is 2.76. The summed E-state index contributed by atoms with van der Waals surface area (Å²) in [4.78, 5) is 23.1. The highest BCUT2D eigenvalue weighted by Gasteiger charge is 2.70. The molecule has 2 N–H and O–H groups in total. The quantitative estimate of drug-likeness (QED) is 0.541. The minimum atomic E-state index is -0.940. The molecule has 6 heteroatoms. The van der Waals surface area contributed by atoms with Crippen molar-refractivity contribution in [2.45, 2.75) is 83.0 Å². The van der Waals surface area contributed by atoms with Crippen LogP contribution in [0, 0.1) is 34.5 Å². The largest absolute Gasteiger partial charge is 0.464 e. The number of fused-ring (bicyclic) bond motifs is 5. The molecule has 1 heterocycles. The molecule has 0 saturated heterocycles. The summed E-state index contributed by atoms with van der Waals surface area (Å²) in [5.41, 5.74) is -0.405. The summed E-state index contributed by atoms with van der Waals surface area (Å²) in [5, 5.41) is 22.5. The minimum absolute atomic E-state index is 0.143. The second-order valence-corrected chi connectivity index (χ2v) is 11.1. The monoisotopic (exact) mass is 418 g/mol. The van der Waals surface area contributed by atoms with E-state index in [-0.39, 0.29) is 35.9 Å². The van der Waals surface area contributed by atoms with Crippen LogP contribution < -0.4 is 0 Å². The molecule has 0 spiro atoms. The lowest BCUT2D eigenvalue weighted by molar-refractivity contribution is -0.208. The number of cyclic esters (lactones) is 1. The Labute approximate surface area is 178 Å². The molecule has 166 valence electrons. The van der Waals surface area contributed by atoms with Crippen LogP contribution >= 0.6 is 0 Å². The zero-order valence-corrected chi connectivity index (χ0v) is 18.0. The van der Waals surface area contributed by atoms with Crippen LogP contribution in [0.2, 0.25) is 0 Å². The van der Waals surface area contributed by atoms with Crippen LogP contribution in [0.3, 0.4) is 0 Å². The summed E-state index contributed by atoms with van der Waals surface area (Å²) in [5.74, 6) is 0.524. The smallest absolute Gasteiger partial charge is 0.331 e. The molecule has 4 aliphatic carbocycles. The fourth-order valence-corrected chi connectivity index (χ4v) is 8.63. The summed E-state index contributed by atoms with van der Waals surface area (Å²) in [7, 11) is 0. The maximum Gasteiger partial charge on any atom is 0.331 e. The van der Waals surface area contributed by atoms with Crippen LogP contribution in [0.4, 0.5) is 0 Å². The maximum atomic E-state index is 12.3. The zero-order chi connectivity index (χ0) is 21.3. The van der Waals surface area contributed by atoms with Gasteiger partial charge in [0.15, 0.2) is 0 Å². The topological polar surface area (TPSA) is 93.1 Å². The molecule has 0 aromatic rings. The van der Waals surface area contributed by atoms with Gasteiger partial charge in [-0.25, -0.2) is 4.79 Å². The van der Waals surface area contributed by atoms with Crippen LogP contribution in [-0.2, 0) is 19.1 Å². The number of carbonyl (C=O) groups is 2. The highest BCUT2D eigenvalue weighted by molar-refractivity contribution is 5.85. The lowest BCUT2D eigenvalue weighted by Gasteiger charge is -2.63. The van der Waals surface area contributed by atoms with Crippen molar-refractivity contribution in [3.05, 3.63) is 11.6 Å². The third-order valence-electron chi connectivity index (χ3n) is 10.1. The number of ether oxygens (including phenoxy) is 2. The van der Waals surface area contributed by atoms with Crippen LogP contribution in [0.5, 0.6) is 0 Å². The number of rotatable bonds is 3. The van der Waals surface area contributed by atoms with Gasteiger partial charge in [-0.1, -0.05) is 13.8 Å². The Hall–Kier alpha value is -1.40. The fourth-order valence-electron chi connectivity index (χ4n) is 8.63. The highest BCUT2D eigenvalue weighted by Crippen LogP contribution is 2.70. The van der Waals surface area contributed by atoms with E-state index >= 15 is 0 Å². The molecule has 0 amide bonds. The van der Waals surface area contributed by atoms with Crippen molar-refractivity contribution in [3.63, 3.8) is 0 Å². The lowest BCUT2D eigenvalue weighted by atomic mass is 9.43. The third kappa shape index (κ3) is 2.62. The summed E-state index contributed by atoms with van der Waals surface area (Å²) in [6.45, 7) is 5.22. The van der Waals surface area contributed by atoms with Gasteiger partial charge >= 0.3 is 5.97 Å². The van der Waals surface area contributed by atoms with Crippen molar-refractivity contribution in [1.29, 1.82) is 0 Å². The number of esters is 1. The van der Waals surface area contributed by atoms with Crippen molar-refractivity contribution in [2.75, 3.05) is 6.61 Å². The molecule has 4 fully saturated rings. The summed E-state index contributed by atoms with van der Waals surface area (Å²) >= 11 is 0. The first-order valence-electron chi connectivity index (χ1n) is 11.6. The normalized spacial score (nSPS) is 52.5. The zero-order valence-electron chi connectivity index (χ0n) is 18.0. The van der Waals surface area contributed by atoms with E-state index < -0.39 is 17.1 Å².